The number of Topliss-reactive ketones (excluding diaryl/α,β-unsaturated/α-hetero) is 2. The van der Waals surface area contributed by atoms with Gasteiger partial charge >= 0.3 is 0 Å². The summed E-state index contributed by atoms with van der Waals surface area (Å²) in [6, 6.07) is 15.1. The van der Waals surface area contributed by atoms with E-state index in [0.29, 0.717) is 11.1 Å². The predicted octanol–water partition coefficient (Wildman–Crippen LogP) is 3.75. The molecule has 3 nitrogen and oxygen atoms in total. The summed E-state index contributed by atoms with van der Waals surface area (Å²) >= 11 is 0. The van der Waals surface area contributed by atoms with Gasteiger partial charge in [-0.2, -0.15) is 0 Å². The molecule has 4 rings (SSSR count). The number of nitrogens with zero attached hydrogens (tertiary/aromatic N) is 1. The SMILES string of the molecule is O=C1C(=Cc2ccc(N3CCCC3)cc2)C(=O)c2ccccc21. The standard InChI is InChI=1S/C20H17NO2/c22-19-16-5-1-2-6-17(16)20(23)18(19)13-14-7-9-15(10-8-14)21-11-3-4-12-21/h1-2,5-10,13H,3-4,11-12H2. The van der Waals surface area contributed by atoms with Crippen molar-refractivity contribution >= 4 is 23.3 Å². The van der Waals surface area contributed by atoms with Crippen molar-refractivity contribution in [1.29, 1.82) is 0 Å². The van der Waals surface area contributed by atoms with Crippen LogP contribution in [0.2, 0.25) is 0 Å². The summed E-state index contributed by atoms with van der Waals surface area (Å²) in [6.07, 6.45) is 4.19. The highest BCUT2D eigenvalue weighted by Crippen LogP contribution is 2.28. The zero-order valence-corrected chi connectivity index (χ0v) is 12.8. The molecule has 0 unspecified atom stereocenters. The van der Waals surface area contributed by atoms with E-state index in [1.807, 2.05) is 12.1 Å². The van der Waals surface area contributed by atoms with E-state index in [1.54, 1.807) is 30.3 Å². The van der Waals surface area contributed by atoms with Crippen molar-refractivity contribution < 1.29 is 9.59 Å². The van der Waals surface area contributed by atoms with Crippen molar-refractivity contribution in [1.82, 2.24) is 0 Å². The van der Waals surface area contributed by atoms with Gasteiger partial charge in [0.1, 0.15) is 0 Å². The molecule has 2 aromatic carbocycles. The Hall–Kier alpha value is -2.68. The lowest BCUT2D eigenvalue weighted by Crippen LogP contribution is -2.17. The zero-order chi connectivity index (χ0) is 15.8. The Morgan fingerprint density at radius 3 is 1.91 bits per heavy atom. The summed E-state index contributed by atoms with van der Waals surface area (Å²) < 4.78 is 0. The maximum atomic E-state index is 12.4. The number of ketones is 2. The highest BCUT2D eigenvalue weighted by atomic mass is 16.2. The molecule has 0 aromatic heterocycles. The molecule has 1 saturated heterocycles. The van der Waals surface area contributed by atoms with Crippen LogP contribution in [0.15, 0.2) is 54.1 Å². The second-order valence-electron chi connectivity index (χ2n) is 6.05. The fraction of sp³-hybridized carbons (Fsp3) is 0.200. The maximum Gasteiger partial charge on any atom is 0.197 e. The second-order valence-corrected chi connectivity index (χ2v) is 6.05. The van der Waals surface area contributed by atoms with Gasteiger partial charge in [0.25, 0.3) is 0 Å². The summed E-state index contributed by atoms with van der Waals surface area (Å²) in [4.78, 5) is 27.1. The van der Waals surface area contributed by atoms with Crippen LogP contribution in [0, 0.1) is 0 Å². The van der Waals surface area contributed by atoms with Crippen LogP contribution in [0.25, 0.3) is 6.08 Å². The third-order valence-electron chi connectivity index (χ3n) is 4.58. The van der Waals surface area contributed by atoms with Crippen LogP contribution in [0.3, 0.4) is 0 Å². The first-order valence-corrected chi connectivity index (χ1v) is 7.99. The van der Waals surface area contributed by atoms with Crippen molar-refractivity contribution in [3.05, 3.63) is 70.8 Å². The molecule has 1 fully saturated rings. The van der Waals surface area contributed by atoms with Crippen molar-refractivity contribution in [2.45, 2.75) is 12.8 Å². The summed E-state index contributed by atoms with van der Waals surface area (Å²) in [7, 11) is 0. The minimum atomic E-state index is -0.172. The molecule has 0 saturated carbocycles. The molecule has 1 aliphatic heterocycles. The van der Waals surface area contributed by atoms with Gasteiger partial charge in [0.2, 0.25) is 0 Å². The smallest absolute Gasteiger partial charge is 0.197 e. The van der Waals surface area contributed by atoms with Gasteiger partial charge in [0.05, 0.1) is 5.57 Å². The summed E-state index contributed by atoms with van der Waals surface area (Å²) in [5, 5.41) is 0. The van der Waals surface area contributed by atoms with E-state index in [0.717, 1.165) is 18.7 Å². The lowest BCUT2D eigenvalue weighted by atomic mass is 10.1. The van der Waals surface area contributed by atoms with E-state index in [4.69, 9.17) is 0 Å². The van der Waals surface area contributed by atoms with Gasteiger partial charge in [0, 0.05) is 29.9 Å². The van der Waals surface area contributed by atoms with E-state index >= 15 is 0 Å². The highest BCUT2D eigenvalue weighted by Gasteiger charge is 2.32. The summed E-state index contributed by atoms with van der Waals surface area (Å²) in [6.45, 7) is 2.21. The van der Waals surface area contributed by atoms with Gasteiger partial charge < -0.3 is 4.90 Å². The van der Waals surface area contributed by atoms with Crippen molar-refractivity contribution in [3.8, 4) is 0 Å². The number of allylic oxidation sites excluding steroid dienone is 1. The zero-order valence-electron chi connectivity index (χ0n) is 12.8. The number of benzene rings is 2. The first-order valence-electron chi connectivity index (χ1n) is 7.99. The Labute approximate surface area is 135 Å². The molecule has 2 aromatic rings. The minimum absolute atomic E-state index is 0.172. The fourth-order valence-electron chi connectivity index (χ4n) is 3.33. The van der Waals surface area contributed by atoms with Gasteiger partial charge in [-0.05, 0) is 36.6 Å². The van der Waals surface area contributed by atoms with Crippen molar-refractivity contribution in [3.63, 3.8) is 0 Å². The summed E-state index contributed by atoms with van der Waals surface area (Å²) in [5.41, 5.74) is 3.38. The molecule has 114 valence electrons. The van der Waals surface area contributed by atoms with E-state index in [9.17, 15) is 9.59 Å². The lowest BCUT2D eigenvalue weighted by molar-refractivity contribution is 0.0990. The number of carbonyl (C=O) groups excluding carboxylic acids is 2. The van der Waals surface area contributed by atoms with Crippen LogP contribution in [-0.4, -0.2) is 24.7 Å². The molecule has 2 aliphatic rings. The van der Waals surface area contributed by atoms with Crippen LogP contribution in [0.5, 0.6) is 0 Å². The van der Waals surface area contributed by atoms with Gasteiger partial charge in [-0.1, -0.05) is 36.4 Å². The first kappa shape index (κ1) is 13.9. The van der Waals surface area contributed by atoms with Crippen molar-refractivity contribution in [2.75, 3.05) is 18.0 Å². The molecule has 1 aliphatic carbocycles. The molecule has 0 bridgehead atoms. The minimum Gasteiger partial charge on any atom is -0.372 e. The Kier molecular flexibility index (Phi) is 3.34. The van der Waals surface area contributed by atoms with E-state index in [1.165, 1.54) is 18.5 Å². The molecular formula is C20H17NO2. The molecule has 0 spiro atoms. The third-order valence-corrected chi connectivity index (χ3v) is 4.58. The third kappa shape index (κ3) is 2.38. The number of rotatable bonds is 2. The number of anilines is 1. The largest absolute Gasteiger partial charge is 0.372 e. The molecule has 0 atom stereocenters. The second kappa shape index (κ2) is 5.51. The molecule has 0 radical (unpaired) electrons. The monoisotopic (exact) mass is 303 g/mol. The molecule has 1 heterocycles. The molecular weight excluding hydrogens is 286 g/mol. The first-order chi connectivity index (χ1) is 11.2. The average molecular weight is 303 g/mol. The lowest BCUT2D eigenvalue weighted by Gasteiger charge is -2.17. The Morgan fingerprint density at radius 1 is 0.783 bits per heavy atom. The van der Waals surface area contributed by atoms with E-state index < -0.39 is 0 Å². The van der Waals surface area contributed by atoms with Gasteiger partial charge in [0.15, 0.2) is 11.6 Å². The topological polar surface area (TPSA) is 37.4 Å². The van der Waals surface area contributed by atoms with Crippen LogP contribution in [-0.2, 0) is 0 Å². The summed E-state index contributed by atoms with van der Waals surface area (Å²) in [5.74, 6) is -0.344. The molecule has 0 N–H and O–H groups in total. The van der Waals surface area contributed by atoms with Gasteiger partial charge in [-0.3, -0.25) is 9.59 Å². The highest BCUT2D eigenvalue weighted by molar-refractivity contribution is 6.41. The van der Waals surface area contributed by atoms with Crippen molar-refractivity contribution in [2.24, 2.45) is 0 Å². The van der Waals surface area contributed by atoms with Crippen LogP contribution in [0.4, 0.5) is 5.69 Å². The number of hydrogen-bond acceptors (Lipinski definition) is 3. The predicted molar refractivity (Wildman–Crippen MR) is 91.0 cm³/mol. The maximum absolute atomic E-state index is 12.4. The van der Waals surface area contributed by atoms with Gasteiger partial charge in [-0.15, -0.1) is 0 Å². The average Bonchev–Trinajstić information content (AvgIpc) is 3.20. The van der Waals surface area contributed by atoms with E-state index in [2.05, 4.69) is 17.0 Å². The van der Waals surface area contributed by atoms with Crippen LogP contribution < -0.4 is 4.90 Å². The molecule has 0 amide bonds. The molecule has 3 heteroatoms. The van der Waals surface area contributed by atoms with Crippen LogP contribution >= 0.6 is 0 Å². The normalized spacial score (nSPS) is 16.9. The molecule has 23 heavy (non-hydrogen) atoms. The fourth-order valence-corrected chi connectivity index (χ4v) is 3.33. The van der Waals surface area contributed by atoms with Gasteiger partial charge in [-0.25, -0.2) is 0 Å². The Morgan fingerprint density at radius 2 is 1.35 bits per heavy atom. The number of fused-ring (bicyclic) bond motifs is 1. The van der Waals surface area contributed by atoms with E-state index in [-0.39, 0.29) is 17.1 Å². The number of carbonyl (C=O) groups is 2. The Balaban J connectivity index is 1.63. The quantitative estimate of drug-likeness (QED) is 0.626. The van der Waals surface area contributed by atoms with Crippen LogP contribution in [0.1, 0.15) is 39.1 Å². The number of hydrogen-bond donors (Lipinski definition) is 0. The Bertz CT molecular complexity index is 775.